The van der Waals surface area contributed by atoms with Crippen LogP contribution in [0.5, 0.6) is 0 Å². The number of sulfonamides is 1. The standard InChI is InChI=1S/C14H15N3O4S2/c1-3-23(19,20)15-7-13-16-10(8-22-13)9-4-5-11-12(6-9)21-14(18)17(11)2/h4-6,8,15H,3,7H2,1-2H3. The van der Waals surface area contributed by atoms with Gasteiger partial charge in [-0.15, -0.1) is 11.3 Å². The van der Waals surface area contributed by atoms with Crippen molar-refractivity contribution in [3.05, 3.63) is 39.1 Å². The summed E-state index contributed by atoms with van der Waals surface area (Å²) in [5.41, 5.74) is 2.74. The average molecular weight is 353 g/mol. The molecule has 1 N–H and O–H groups in total. The Hall–Kier alpha value is -1.97. The van der Waals surface area contributed by atoms with Gasteiger partial charge in [-0.1, -0.05) is 6.07 Å². The minimum Gasteiger partial charge on any atom is -0.408 e. The topological polar surface area (TPSA) is 94.2 Å². The second-order valence-corrected chi connectivity index (χ2v) is 8.00. The van der Waals surface area contributed by atoms with Gasteiger partial charge < -0.3 is 4.42 Å². The number of benzene rings is 1. The number of oxazole rings is 1. The quantitative estimate of drug-likeness (QED) is 0.753. The molecule has 0 bridgehead atoms. The van der Waals surface area contributed by atoms with Crippen LogP contribution in [0.1, 0.15) is 11.9 Å². The van der Waals surface area contributed by atoms with Crippen LogP contribution in [0.3, 0.4) is 0 Å². The van der Waals surface area contributed by atoms with Crippen molar-refractivity contribution in [2.45, 2.75) is 13.5 Å². The average Bonchev–Trinajstić information content (AvgIpc) is 3.11. The molecule has 23 heavy (non-hydrogen) atoms. The molecule has 0 saturated heterocycles. The first kappa shape index (κ1) is 15.9. The summed E-state index contributed by atoms with van der Waals surface area (Å²) in [4.78, 5) is 15.9. The Morgan fingerprint density at radius 2 is 2.17 bits per heavy atom. The Bertz CT molecular complexity index is 1010. The van der Waals surface area contributed by atoms with Crippen LogP contribution in [0.2, 0.25) is 0 Å². The number of hydrogen-bond acceptors (Lipinski definition) is 6. The molecule has 3 aromatic rings. The lowest BCUT2D eigenvalue weighted by Gasteiger charge is -2.01. The number of aromatic nitrogens is 2. The molecule has 0 aliphatic rings. The smallest absolute Gasteiger partial charge is 0.408 e. The number of nitrogens with one attached hydrogen (secondary N) is 1. The van der Waals surface area contributed by atoms with E-state index in [9.17, 15) is 13.2 Å². The lowest BCUT2D eigenvalue weighted by atomic mass is 10.1. The van der Waals surface area contributed by atoms with E-state index in [4.69, 9.17) is 4.42 Å². The van der Waals surface area contributed by atoms with E-state index >= 15 is 0 Å². The zero-order chi connectivity index (χ0) is 16.6. The highest BCUT2D eigenvalue weighted by molar-refractivity contribution is 7.89. The van der Waals surface area contributed by atoms with Gasteiger partial charge in [-0.3, -0.25) is 4.57 Å². The van der Waals surface area contributed by atoms with Gasteiger partial charge in [0, 0.05) is 18.0 Å². The Morgan fingerprint density at radius 3 is 2.91 bits per heavy atom. The molecule has 0 unspecified atom stereocenters. The molecule has 7 nitrogen and oxygen atoms in total. The fraction of sp³-hybridized carbons (Fsp3) is 0.286. The van der Waals surface area contributed by atoms with Gasteiger partial charge in [0.1, 0.15) is 5.01 Å². The van der Waals surface area contributed by atoms with Crippen LogP contribution in [-0.2, 0) is 23.6 Å². The fourth-order valence-electron chi connectivity index (χ4n) is 2.09. The zero-order valence-corrected chi connectivity index (χ0v) is 14.2. The Balaban J connectivity index is 1.87. The maximum Gasteiger partial charge on any atom is 0.419 e. The molecule has 2 heterocycles. The van der Waals surface area contributed by atoms with Crippen molar-refractivity contribution in [2.75, 3.05) is 5.75 Å². The summed E-state index contributed by atoms with van der Waals surface area (Å²) in [6.45, 7) is 1.75. The monoisotopic (exact) mass is 353 g/mol. The van der Waals surface area contributed by atoms with E-state index in [1.807, 2.05) is 11.4 Å². The molecule has 0 fully saturated rings. The van der Waals surface area contributed by atoms with Crippen LogP contribution >= 0.6 is 11.3 Å². The third-order valence-electron chi connectivity index (χ3n) is 3.46. The van der Waals surface area contributed by atoms with E-state index in [1.54, 1.807) is 26.1 Å². The first-order valence-corrected chi connectivity index (χ1v) is 9.44. The van der Waals surface area contributed by atoms with Crippen molar-refractivity contribution in [3.63, 3.8) is 0 Å². The summed E-state index contributed by atoms with van der Waals surface area (Å²) in [6, 6.07) is 5.41. The van der Waals surface area contributed by atoms with Gasteiger partial charge in [0.25, 0.3) is 0 Å². The first-order chi connectivity index (χ1) is 10.9. The van der Waals surface area contributed by atoms with Gasteiger partial charge in [0.05, 0.1) is 23.5 Å². The van der Waals surface area contributed by atoms with E-state index in [1.165, 1.54) is 15.9 Å². The van der Waals surface area contributed by atoms with Crippen LogP contribution in [0.25, 0.3) is 22.4 Å². The summed E-state index contributed by atoms with van der Waals surface area (Å²) < 4.78 is 32.0. The van der Waals surface area contributed by atoms with Crippen LogP contribution in [0, 0.1) is 0 Å². The Labute approximate surface area is 136 Å². The summed E-state index contributed by atoms with van der Waals surface area (Å²) in [7, 11) is -1.59. The normalized spacial score (nSPS) is 12.1. The van der Waals surface area contributed by atoms with Crippen LogP contribution in [0.4, 0.5) is 0 Å². The molecule has 9 heteroatoms. The van der Waals surface area contributed by atoms with Crippen molar-refractivity contribution in [1.82, 2.24) is 14.3 Å². The van der Waals surface area contributed by atoms with E-state index in [2.05, 4.69) is 9.71 Å². The minimum absolute atomic E-state index is 0.0366. The predicted octanol–water partition coefficient (Wildman–Crippen LogP) is 1.69. The molecular formula is C14H15N3O4S2. The van der Waals surface area contributed by atoms with Gasteiger partial charge in [0.2, 0.25) is 10.0 Å². The van der Waals surface area contributed by atoms with E-state index in [0.717, 1.165) is 5.56 Å². The fourth-order valence-corrected chi connectivity index (χ4v) is 3.49. The molecular weight excluding hydrogens is 338 g/mol. The lowest BCUT2D eigenvalue weighted by molar-refractivity contribution is 0.528. The van der Waals surface area contributed by atoms with Crippen molar-refractivity contribution < 1.29 is 12.8 Å². The van der Waals surface area contributed by atoms with Gasteiger partial charge in [-0.05, 0) is 19.1 Å². The van der Waals surface area contributed by atoms with Crippen molar-refractivity contribution in [2.24, 2.45) is 7.05 Å². The molecule has 0 spiro atoms. The SMILES string of the molecule is CCS(=O)(=O)NCc1nc(-c2ccc3c(c2)oc(=O)n3C)cs1. The number of nitrogens with zero attached hydrogens (tertiary/aromatic N) is 2. The summed E-state index contributed by atoms with van der Waals surface area (Å²) in [5.74, 6) is -0.375. The maximum absolute atomic E-state index is 11.5. The lowest BCUT2D eigenvalue weighted by Crippen LogP contribution is -2.24. The van der Waals surface area contributed by atoms with Crippen molar-refractivity contribution in [3.8, 4) is 11.3 Å². The van der Waals surface area contributed by atoms with E-state index in [0.29, 0.717) is 21.8 Å². The number of thiazole rings is 1. The second kappa shape index (κ2) is 5.91. The molecule has 122 valence electrons. The molecule has 0 radical (unpaired) electrons. The third kappa shape index (κ3) is 3.21. The Kier molecular flexibility index (Phi) is 4.09. The largest absolute Gasteiger partial charge is 0.419 e. The molecule has 2 aromatic heterocycles. The molecule has 1 aromatic carbocycles. The number of hydrogen-bond donors (Lipinski definition) is 1. The van der Waals surface area contributed by atoms with E-state index < -0.39 is 15.8 Å². The molecule has 0 aliphatic carbocycles. The Morgan fingerprint density at radius 1 is 1.39 bits per heavy atom. The maximum atomic E-state index is 11.5. The van der Waals surface area contributed by atoms with Gasteiger partial charge >= 0.3 is 5.76 Å². The molecule has 0 amide bonds. The summed E-state index contributed by atoms with van der Waals surface area (Å²) in [6.07, 6.45) is 0. The molecule has 0 atom stereocenters. The zero-order valence-electron chi connectivity index (χ0n) is 12.6. The number of fused-ring (bicyclic) bond motifs is 1. The van der Waals surface area contributed by atoms with Gasteiger partial charge in [0.15, 0.2) is 5.58 Å². The predicted molar refractivity (Wildman–Crippen MR) is 88.9 cm³/mol. The van der Waals surface area contributed by atoms with Crippen LogP contribution in [0.15, 0.2) is 32.8 Å². The second-order valence-electron chi connectivity index (χ2n) is 4.96. The summed E-state index contributed by atoms with van der Waals surface area (Å²) >= 11 is 1.37. The van der Waals surface area contributed by atoms with E-state index in [-0.39, 0.29) is 12.3 Å². The molecule has 0 aliphatic heterocycles. The van der Waals surface area contributed by atoms with Crippen LogP contribution in [-0.4, -0.2) is 23.7 Å². The molecule has 0 saturated carbocycles. The van der Waals surface area contributed by atoms with Crippen LogP contribution < -0.4 is 10.5 Å². The minimum atomic E-state index is -3.24. The molecule has 3 rings (SSSR count). The number of aryl methyl sites for hydroxylation is 1. The number of rotatable bonds is 5. The summed E-state index contributed by atoms with van der Waals surface area (Å²) in [5, 5.41) is 2.52. The van der Waals surface area contributed by atoms with Gasteiger partial charge in [-0.2, -0.15) is 0 Å². The highest BCUT2D eigenvalue weighted by Gasteiger charge is 2.11. The van der Waals surface area contributed by atoms with Crippen molar-refractivity contribution in [1.29, 1.82) is 0 Å². The highest BCUT2D eigenvalue weighted by Crippen LogP contribution is 2.25. The third-order valence-corrected chi connectivity index (χ3v) is 5.66. The van der Waals surface area contributed by atoms with Crippen molar-refractivity contribution >= 4 is 32.5 Å². The van der Waals surface area contributed by atoms with Gasteiger partial charge in [-0.25, -0.2) is 22.9 Å². The highest BCUT2D eigenvalue weighted by atomic mass is 32.2. The first-order valence-electron chi connectivity index (χ1n) is 6.91.